The van der Waals surface area contributed by atoms with Crippen LogP contribution in [0, 0.1) is 0 Å². The van der Waals surface area contributed by atoms with E-state index in [-0.39, 0.29) is 11.1 Å². The summed E-state index contributed by atoms with van der Waals surface area (Å²) in [4.78, 5) is 49.4. The summed E-state index contributed by atoms with van der Waals surface area (Å²) < 4.78 is 1.90. The van der Waals surface area contributed by atoms with Gasteiger partial charge in [-0.15, -0.1) is 0 Å². The number of imide groups is 1. The number of fused-ring (bicyclic) bond motifs is 2. The summed E-state index contributed by atoms with van der Waals surface area (Å²) in [5.74, 6) is -0.252. The highest BCUT2D eigenvalue weighted by molar-refractivity contribution is 8.18. The summed E-state index contributed by atoms with van der Waals surface area (Å²) in [6, 6.07) is 9.65. The molecule has 3 aromatic rings. The molecule has 2 aliphatic rings. The first-order chi connectivity index (χ1) is 16.4. The molecule has 34 heavy (non-hydrogen) atoms. The van der Waals surface area contributed by atoms with Crippen LogP contribution < -0.4 is 10.2 Å². The molecule has 0 unspecified atom stereocenters. The van der Waals surface area contributed by atoms with Crippen LogP contribution in [-0.4, -0.2) is 63.7 Å². The molecule has 1 N–H and O–H groups in total. The summed E-state index contributed by atoms with van der Waals surface area (Å²) in [5.41, 5.74) is 4.94. The van der Waals surface area contributed by atoms with E-state index in [1.54, 1.807) is 18.5 Å². The number of aromatic nitrogens is 3. The summed E-state index contributed by atoms with van der Waals surface area (Å²) in [7, 11) is 4.02. The van der Waals surface area contributed by atoms with E-state index in [2.05, 4.69) is 26.3 Å². The standard InChI is InChI=1S/C24H24N6O3S/c1-28(2)10-3-4-21(31)29-11-9-15-12-17(6-8-19(15)29)30-14-25-18-7-5-16(26-22(18)30)13-20-23(32)27-24(33)34-20/h5-8,12-14H,3-4,9-11H2,1-2H3,(H,27,32,33)/b20-13-. The molecule has 2 aromatic heterocycles. The third kappa shape index (κ3) is 4.34. The first kappa shape index (κ1) is 22.3. The number of thioether (sulfide) groups is 1. The quantitative estimate of drug-likeness (QED) is 0.546. The largest absolute Gasteiger partial charge is 0.312 e. The van der Waals surface area contributed by atoms with E-state index in [1.165, 1.54) is 0 Å². The van der Waals surface area contributed by atoms with Crippen molar-refractivity contribution in [2.45, 2.75) is 19.3 Å². The Morgan fingerprint density at radius 1 is 1.24 bits per heavy atom. The fourth-order valence-electron chi connectivity index (χ4n) is 4.21. The number of pyridine rings is 1. The zero-order valence-electron chi connectivity index (χ0n) is 18.9. The van der Waals surface area contributed by atoms with Crippen LogP contribution in [0.2, 0.25) is 0 Å². The summed E-state index contributed by atoms with van der Waals surface area (Å²) >= 11 is 0.863. The number of benzene rings is 1. The van der Waals surface area contributed by atoms with Crippen molar-refractivity contribution in [3.63, 3.8) is 0 Å². The predicted octanol–water partition coefficient (Wildman–Crippen LogP) is 2.98. The van der Waals surface area contributed by atoms with E-state index in [1.807, 2.05) is 41.8 Å². The Bertz CT molecular complexity index is 1350. The van der Waals surface area contributed by atoms with Crippen molar-refractivity contribution in [1.82, 2.24) is 24.8 Å². The Morgan fingerprint density at radius 3 is 2.85 bits per heavy atom. The van der Waals surface area contributed by atoms with Gasteiger partial charge in [-0.1, -0.05) is 0 Å². The molecule has 174 valence electrons. The molecule has 0 atom stereocenters. The molecule has 0 spiro atoms. The molecule has 1 saturated heterocycles. The normalized spacial score (nSPS) is 16.7. The lowest BCUT2D eigenvalue weighted by Crippen LogP contribution is -2.29. The Hall–Kier alpha value is -3.50. The van der Waals surface area contributed by atoms with Crippen LogP contribution >= 0.6 is 11.8 Å². The monoisotopic (exact) mass is 476 g/mol. The second-order valence-electron chi connectivity index (χ2n) is 8.56. The lowest BCUT2D eigenvalue weighted by Gasteiger charge is -2.18. The van der Waals surface area contributed by atoms with E-state index in [4.69, 9.17) is 0 Å². The van der Waals surface area contributed by atoms with Crippen molar-refractivity contribution in [2.75, 3.05) is 32.1 Å². The van der Waals surface area contributed by atoms with Crippen LogP contribution in [0.15, 0.2) is 41.6 Å². The molecule has 3 amide bonds. The van der Waals surface area contributed by atoms with E-state index in [0.29, 0.717) is 29.2 Å². The minimum atomic E-state index is -0.412. The van der Waals surface area contributed by atoms with Crippen molar-refractivity contribution >= 4 is 51.7 Å². The maximum atomic E-state index is 12.7. The number of amides is 3. The fourth-order valence-corrected chi connectivity index (χ4v) is 4.88. The highest BCUT2D eigenvalue weighted by atomic mass is 32.2. The number of hydrogen-bond donors (Lipinski definition) is 1. The molecular weight excluding hydrogens is 452 g/mol. The van der Waals surface area contributed by atoms with Crippen LogP contribution in [0.25, 0.3) is 22.9 Å². The van der Waals surface area contributed by atoms with Gasteiger partial charge in [-0.25, -0.2) is 9.97 Å². The predicted molar refractivity (Wildman–Crippen MR) is 132 cm³/mol. The van der Waals surface area contributed by atoms with E-state index < -0.39 is 5.91 Å². The average Bonchev–Trinajstić information content (AvgIpc) is 3.49. The molecule has 10 heteroatoms. The number of rotatable bonds is 6. The van der Waals surface area contributed by atoms with Gasteiger partial charge in [-0.2, -0.15) is 0 Å². The van der Waals surface area contributed by atoms with Crippen LogP contribution in [-0.2, 0) is 16.0 Å². The number of carbonyl (C=O) groups excluding carboxylic acids is 3. The van der Waals surface area contributed by atoms with E-state index in [0.717, 1.165) is 53.6 Å². The number of imidazole rings is 1. The van der Waals surface area contributed by atoms with Gasteiger partial charge in [0.1, 0.15) is 11.8 Å². The molecule has 0 radical (unpaired) electrons. The fraction of sp³-hybridized carbons (Fsp3) is 0.292. The van der Waals surface area contributed by atoms with Crippen LogP contribution in [0.3, 0.4) is 0 Å². The maximum Gasteiger partial charge on any atom is 0.290 e. The second-order valence-corrected chi connectivity index (χ2v) is 9.58. The van der Waals surface area contributed by atoms with Crippen LogP contribution in [0.1, 0.15) is 24.1 Å². The number of nitrogens with zero attached hydrogens (tertiary/aromatic N) is 5. The number of carbonyl (C=O) groups is 3. The molecule has 1 fully saturated rings. The lowest BCUT2D eigenvalue weighted by atomic mass is 10.1. The molecule has 0 bridgehead atoms. The Labute approximate surface area is 200 Å². The molecule has 4 heterocycles. The number of nitrogens with one attached hydrogen (secondary N) is 1. The minimum absolute atomic E-state index is 0.160. The zero-order valence-corrected chi connectivity index (χ0v) is 19.8. The van der Waals surface area contributed by atoms with Gasteiger partial charge in [0, 0.05) is 24.3 Å². The van der Waals surface area contributed by atoms with E-state index >= 15 is 0 Å². The molecular formula is C24H24N6O3S. The Morgan fingerprint density at radius 2 is 2.09 bits per heavy atom. The minimum Gasteiger partial charge on any atom is -0.312 e. The van der Waals surface area contributed by atoms with Crippen molar-refractivity contribution < 1.29 is 14.4 Å². The average molecular weight is 477 g/mol. The number of anilines is 1. The van der Waals surface area contributed by atoms with Gasteiger partial charge in [0.05, 0.1) is 10.6 Å². The SMILES string of the molecule is CN(C)CCCC(=O)N1CCc2cc(-n3cnc4ccc(/C=C5\SC(=O)NC5=O)nc43)ccc21. The van der Waals surface area contributed by atoms with E-state index in [9.17, 15) is 14.4 Å². The molecule has 5 rings (SSSR count). The van der Waals surface area contributed by atoms with Crippen molar-refractivity contribution in [1.29, 1.82) is 0 Å². The summed E-state index contributed by atoms with van der Waals surface area (Å²) in [6.07, 6.45) is 5.51. The maximum absolute atomic E-state index is 12.7. The topological polar surface area (TPSA) is 100 Å². The van der Waals surface area contributed by atoms with Gasteiger partial charge in [0.2, 0.25) is 5.91 Å². The van der Waals surface area contributed by atoms with Crippen molar-refractivity contribution in [2.24, 2.45) is 0 Å². The summed E-state index contributed by atoms with van der Waals surface area (Å²) in [6.45, 7) is 1.59. The highest BCUT2D eigenvalue weighted by Crippen LogP contribution is 2.32. The smallest absolute Gasteiger partial charge is 0.290 e. The second kappa shape index (κ2) is 9.03. The van der Waals surface area contributed by atoms with Gasteiger partial charge in [0.15, 0.2) is 5.65 Å². The highest BCUT2D eigenvalue weighted by Gasteiger charge is 2.26. The van der Waals surface area contributed by atoms with Crippen LogP contribution in [0.4, 0.5) is 10.5 Å². The first-order valence-electron chi connectivity index (χ1n) is 11.1. The first-order valence-corrected chi connectivity index (χ1v) is 11.9. The van der Waals surface area contributed by atoms with Gasteiger partial charge in [-0.3, -0.25) is 24.3 Å². The third-order valence-electron chi connectivity index (χ3n) is 5.87. The van der Waals surface area contributed by atoms with Crippen molar-refractivity contribution in [3.8, 4) is 5.69 Å². The Balaban J connectivity index is 1.40. The summed E-state index contributed by atoms with van der Waals surface area (Å²) in [5, 5.41) is 1.87. The van der Waals surface area contributed by atoms with Crippen molar-refractivity contribution in [3.05, 3.63) is 52.8 Å². The van der Waals surface area contributed by atoms with Gasteiger partial charge in [-0.05, 0) is 87.2 Å². The molecule has 0 saturated carbocycles. The Kier molecular flexibility index (Phi) is 5.93. The van der Waals surface area contributed by atoms with Gasteiger partial charge >= 0.3 is 0 Å². The molecule has 2 aliphatic heterocycles. The zero-order chi connectivity index (χ0) is 23.8. The molecule has 0 aliphatic carbocycles. The van der Waals surface area contributed by atoms with Gasteiger partial charge in [0.25, 0.3) is 11.1 Å². The lowest BCUT2D eigenvalue weighted by molar-refractivity contribution is -0.118. The molecule has 9 nitrogen and oxygen atoms in total. The van der Waals surface area contributed by atoms with Gasteiger partial charge < -0.3 is 9.80 Å². The molecule has 1 aromatic carbocycles. The third-order valence-corrected chi connectivity index (χ3v) is 6.68. The number of hydrogen-bond acceptors (Lipinski definition) is 7. The van der Waals surface area contributed by atoms with Crippen LogP contribution in [0.5, 0.6) is 0 Å².